The molecule has 3 heterocycles. The lowest BCUT2D eigenvalue weighted by atomic mass is 10.0. The van der Waals surface area contributed by atoms with Gasteiger partial charge in [0.05, 0.1) is 16.4 Å². The highest BCUT2D eigenvalue weighted by atomic mass is 16.3. The minimum atomic E-state index is -0.540. The maximum atomic E-state index is 6.89. The van der Waals surface area contributed by atoms with Crippen LogP contribution in [0.25, 0.3) is 54.9 Å². The molecular weight excluding hydrogens is 540 g/mol. The standard InChI is InChI=1S/C39H26N4O/c1-4-13-25(14-5-1)28-23-24-32-35-34-30(29-19-10-11-22-33(29)44-36(28)35)20-12-21-31(34)43(32)39-41-37(26-15-6-2-7-16-26)40-38(42-39)27-17-8-3-9-18-27/h1-24,39H,(H,40,41,42). The van der Waals surface area contributed by atoms with Gasteiger partial charge in [-0.15, -0.1) is 0 Å². The lowest BCUT2D eigenvalue weighted by Gasteiger charge is -2.24. The van der Waals surface area contributed by atoms with E-state index in [9.17, 15) is 0 Å². The second-order valence-corrected chi connectivity index (χ2v) is 11.0. The molecule has 0 fully saturated rings. The molecule has 8 aromatic rings. The van der Waals surface area contributed by atoms with Crippen molar-refractivity contribution >= 4 is 55.4 Å². The molecule has 0 unspecified atom stereocenters. The Morgan fingerprint density at radius 1 is 0.500 bits per heavy atom. The van der Waals surface area contributed by atoms with Gasteiger partial charge in [0.25, 0.3) is 0 Å². The van der Waals surface area contributed by atoms with E-state index in [1.54, 1.807) is 0 Å². The zero-order valence-electron chi connectivity index (χ0n) is 23.7. The van der Waals surface area contributed by atoms with Gasteiger partial charge in [0.15, 0.2) is 0 Å². The first kappa shape index (κ1) is 24.6. The Kier molecular flexibility index (Phi) is 5.50. The highest BCUT2D eigenvalue weighted by molar-refractivity contribution is 6.28. The van der Waals surface area contributed by atoms with Crippen molar-refractivity contribution < 1.29 is 4.42 Å². The van der Waals surface area contributed by atoms with Gasteiger partial charge in [-0.25, -0.2) is 9.98 Å². The maximum absolute atomic E-state index is 6.89. The monoisotopic (exact) mass is 566 g/mol. The van der Waals surface area contributed by atoms with Crippen molar-refractivity contribution in [2.24, 2.45) is 9.98 Å². The summed E-state index contributed by atoms with van der Waals surface area (Å²) in [5.74, 6) is 1.57. The van der Waals surface area contributed by atoms with Gasteiger partial charge in [-0.3, -0.25) is 4.57 Å². The first-order valence-corrected chi connectivity index (χ1v) is 14.8. The number of nitrogens with one attached hydrogen (secondary N) is 1. The number of rotatable bonds is 4. The topological polar surface area (TPSA) is 54.8 Å². The number of hydrogen-bond donors (Lipinski definition) is 1. The van der Waals surface area contributed by atoms with Gasteiger partial charge in [-0.05, 0) is 35.2 Å². The SMILES string of the molecule is c1ccc(C2=NC(n3c4ccc(-c5ccccc5)c5oc6ccccc6c6cccc3c6c54)N=C(c3ccccc3)N2)cc1. The third-order valence-electron chi connectivity index (χ3n) is 8.47. The van der Waals surface area contributed by atoms with E-state index < -0.39 is 6.29 Å². The van der Waals surface area contributed by atoms with Crippen LogP contribution in [0.2, 0.25) is 0 Å². The molecule has 5 nitrogen and oxygen atoms in total. The fraction of sp³-hybridized carbons (Fsp3) is 0.0256. The third-order valence-corrected chi connectivity index (χ3v) is 8.47. The summed E-state index contributed by atoms with van der Waals surface area (Å²) < 4.78 is 9.15. The lowest BCUT2D eigenvalue weighted by molar-refractivity contribution is 0.575. The van der Waals surface area contributed by atoms with E-state index in [0.29, 0.717) is 0 Å². The van der Waals surface area contributed by atoms with Crippen molar-refractivity contribution in [2.75, 3.05) is 0 Å². The molecule has 1 aliphatic heterocycles. The van der Waals surface area contributed by atoms with E-state index in [0.717, 1.165) is 77.7 Å². The van der Waals surface area contributed by atoms with E-state index >= 15 is 0 Å². The van der Waals surface area contributed by atoms with Crippen molar-refractivity contribution in [2.45, 2.75) is 6.29 Å². The summed E-state index contributed by atoms with van der Waals surface area (Å²) in [4.78, 5) is 10.5. The molecule has 2 aromatic heterocycles. The van der Waals surface area contributed by atoms with Crippen LogP contribution in [-0.4, -0.2) is 16.2 Å². The fourth-order valence-electron chi connectivity index (χ4n) is 6.50. The molecular formula is C39H26N4O. The number of benzene rings is 6. The van der Waals surface area contributed by atoms with Gasteiger partial charge < -0.3 is 9.73 Å². The average Bonchev–Trinajstić information content (AvgIpc) is 3.36. The van der Waals surface area contributed by atoms with E-state index in [-0.39, 0.29) is 0 Å². The summed E-state index contributed by atoms with van der Waals surface area (Å²) in [7, 11) is 0. The van der Waals surface area contributed by atoms with E-state index in [1.165, 1.54) is 0 Å². The van der Waals surface area contributed by atoms with E-state index in [2.05, 4.69) is 107 Å². The normalized spacial score (nSPS) is 13.8. The fourth-order valence-corrected chi connectivity index (χ4v) is 6.50. The molecule has 1 aliphatic rings. The number of nitrogens with zero attached hydrogens (tertiary/aromatic N) is 3. The number of hydrogen-bond acceptors (Lipinski definition) is 4. The van der Waals surface area contributed by atoms with Crippen molar-refractivity contribution in [3.63, 3.8) is 0 Å². The van der Waals surface area contributed by atoms with Crippen molar-refractivity contribution in [1.29, 1.82) is 0 Å². The van der Waals surface area contributed by atoms with Gasteiger partial charge in [0, 0.05) is 27.5 Å². The van der Waals surface area contributed by atoms with Crippen LogP contribution in [-0.2, 0) is 0 Å². The largest absolute Gasteiger partial charge is 0.455 e. The Hall–Kier alpha value is -5.94. The second kappa shape index (κ2) is 9.82. The number of amidine groups is 2. The summed E-state index contributed by atoms with van der Waals surface area (Å²) in [5, 5.41) is 7.95. The van der Waals surface area contributed by atoms with Crippen LogP contribution in [0.5, 0.6) is 0 Å². The van der Waals surface area contributed by atoms with E-state index in [4.69, 9.17) is 14.4 Å². The summed E-state index contributed by atoms with van der Waals surface area (Å²) in [6.07, 6.45) is -0.540. The van der Waals surface area contributed by atoms with Crippen LogP contribution in [0, 0.1) is 0 Å². The molecule has 9 rings (SSSR count). The highest BCUT2D eigenvalue weighted by Crippen LogP contribution is 2.44. The molecule has 0 aliphatic carbocycles. The molecule has 0 bridgehead atoms. The summed E-state index contributed by atoms with van der Waals surface area (Å²) >= 11 is 0. The van der Waals surface area contributed by atoms with Crippen LogP contribution < -0.4 is 5.32 Å². The van der Waals surface area contributed by atoms with Gasteiger partial charge in [0.1, 0.15) is 22.8 Å². The highest BCUT2D eigenvalue weighted by Gasteiger charge is 2.27. The van der Waals surface area contributed by atoms with Crippen LogP contribution >= 0.6 is 0 Å². The first-order chi connectivity index (χ1) is 21.8. The Morgan fingerprint density at radius 2 is 1.07 bits per heavy atom. The maximum Gasteiger partial charge on any atom is 0.224 e. The Balaban J connectivity index is 1.41. The first-order valence-electron chi connectivity index (χ1n) is 14.8. The van der Waals surface area contributed by atoms with Gasteiger partial charge in [-0.1, -0.05) is 121 Å². The van der Waals surface area contributed by atoms with Crippen LogP contribution in [0.4, 0.5) is 0 Å². The summed E-state index contributed by atoms with van der Waals surface area (Å²) in [6.45, 7) is 0. The summed E-state index contributed by atoms with van der Waals surface area (Å²) in [5.41, 5.74) is 7.96. The molecule has 0 radical (unpaired) electrons. The predicted octanol–water partition coefficient (Wildman–Crippen LogP) is 9.31. The Labute approximate surface area is 253 Å². The smallest absolute Gasteiger partial charge is 0.224 e. The van der Waals surface area contributed by atoms with Crippen molar-refractivity contribution in [3.05, 3.63) is 157 Å². The molecule has 6 aromatic carbocycles. The molecule has 208 valence electrons. The van der Waals surface area contributed by atoms with E-state index in [1.807, 2.05) is 48.5 Å². The molecule has 5 heteroatoms. The quantitative estimate of drug-likeness (QED) is 0.231. The van der Waals surface area contributed by atoms with Crippen LogP contribution in [0.3, 0.4) is 0 Å². The third kappa shape index (κ3) is 3.80. The number of aromatic nitrogens is 1. The molecule has 0 atom stereocenters. The number of aliphatic imine (C=N–C) groups is 2. The zero-order valence-corrected chi connectivity index (χ0v) is 23.7. The molecule has 1 N–H and O–H groups in total. The molecule has 44 heavy (non-hydrogen) atoms. The number of para-hydroxylation sites is 1. The van der Waals surface area contributed by atoms with Crippen LogP contribution in [0.15, 0.2) is 160 Å². The zero-order chi connectivity index (χ0) is 29.0. The van der Waals surface area contributed by atoms with Crippen molar-refractivity contribution in [3.8, 4) is 11.1 Å². The number of fused-ring (bicyclic) bond motifs is 2. The molecule has 0 saturated carbocycles. The van der Waals surface area contributed by atoms with Gasteiger partial charge >= 0.3 is 0 Å². The minimum absolute atomic E-state index is 0.540. The minimum Gasteiger partial charge on any atom is -0.455 e. The van der Waals surface area contributed by atoms with Gasteiger partial charge in [-0.2, -0.15) is 0 Å². The molecule has 0 saturated heterocycles. The van der Waals surface area contributed by atoms with Gasteiger partial charge in [0.2, 0.25) is 6.29 Å². The Bertz CT molecular complexity index is 2350. The second-order valence-electron chi connectivity index (χ2n) is 11.0. The average molecular weight is 567 g/mol. The molecule has 0 spiro atoms. The lowest BCUT2D eigenvalue weighted by Crippen LogP contribution is -2.36. The van der Waals surface area contributed by atoms with Crippen LogP contribution in [0.1, 0.15) is 17.4 Å². The molecule has 0 amide bonds. The summed E-state index contributed by atoms with van der Waals surface area (Å²) in [6, 6.07) is 50.1. The Morgan fingerprint density at radius 3 is 1.75 bits per heavy atom. The predicted molar refractivity (Wildman–Crippen MR) is 180 cm³/mol. The van der Waals surface area contributed by atoms with Crippen molar-refractivity contribution in [1.82, 2.24) is 9.88 Å².